The Balaban J connectivity index is 1.91. The van der Waals surface area contributed by atoms with Crippen LogP contribution in [-0.2, 0) is 0 Å². The molecule has 0 amide bonds. The van der Waals surface area contributed by atoms with E-state index in [-0.39, 0.29) is 11.3 Å². The van der Waals surface area contributed by atoms with Crippen LogP contribution in [0.3, 0.4) is 0 Å². The summed E-state index contributed by atoms with van der Waals surface area (Å²) in [6, 6.07) is 13.6. The standard InChI is InChI=1S/C22H16ClFN4O2S/c1-12(9-24)28-11-17(19(10-25)27-28)20-21(16-6-5-14(23)8-18(16)26-20)31-15-4-2-3-13(7-15)22(29)30/h2-8,11-12,26H,9H2,1H3,(H,29,30). The van der Waals surface area contributed by atoms with Gasteiger partial charge in [-0.05, 0) is 37.3 Å². The second-order valence-electron chi connectivity index (χ2n) is 6.94. The van der Waals surface area contributed by atoms with Crippen LogP contribution in [0.1, 0.15) is 29.0 Å². The van der Waals surface area contributed by atoms with Crippen molar-refractivity contribution in [1.29, 1.82) is 5.26 Å². The average molecular weight is 455 g/mol. The Bertz CT molecular complexity index is 1340. The number of carboxylic acids is 1. The number of hydrogen-bond donors (Lipinski definition) is 2. The van der Waals surface area contributed by atoms with Crippen molar-refractivity contribution in [3.63, 3.8) is 0 Å². The van der Waals surface area contributed by atoms with Gasteiger partial charge in [0.1, 0.15) is 12.7 Å². The molecule has 2 heterocycles. The number of benzene rings is 2. The minimum Gasteiger partial charge on any atom is -0.478 e. The summed E-state index contributed by atoms with van der Waals surface area (Å²) in [5.41, 5.74) is 2.27. The lowest BCUT2D eigenvalue weighted by atomic mass is 10.2. The molecule has 2 aromatic carbocycles. The first-order chi connectivity index (χ1) is 14.9. The van der Waals surface area contributed by atoms with Crippen molar-refractivity contribution in [2.45, 2.75) is 22.8 Å². The number of halogens is 2. The summed E-state index contributed by atoms with van der Waals surface area (Å²) in [6.45, 7) is 1.06. The highest BCUT2D eigenvalue weighted by Crippen LogP contribution is 2.42. The van der Waals surface area contributed by atoms with Gasteiger partial charge in [-0.3, -0.25) is 4.68 Å². The van der Waals surface area contributed by atoms with Crippen molar-refractivity contribution in [2.75, 3.05) is 6.67 Å². The molecule has 1 unspecified atom stereocenters. The molecule has 4 aromatic rings. The van der Waals surface area contributed by atoms with Crippen LogP contribution in [0.5, 0.6) is 0 Å². The zero-order chi connectivity index (χ0) is 22.1. The Labute approximate surface area is 186 Å². The predicted molar refractivity (Wildman–Crippen MR) is 117 cm³/mol. The fourth-order valence-electron chi connectivity index (χ4n) is 3.20. The normalized spacial score (nSPS) is 12.1. The van der Waals surface area contributed by atoms with Crippen LogP contribution in [0.2, 0.25) is 5.02 Å². The maximum Gasteiger partial charge on any atom is 0.335 e. The minimum atomic E-state index is -1.01. The Morgan fingerprint density at radius 1 is 1.39 bits per heavy atom. The van der Waals surface area contributed by atoms with Gasteiger partial charge in [0, 0.05) is 31.9 Å². The number of hydrogen-bond acceptors (Lipinski definition) is 4. The van der Waals surface area contributed by atoms with Crippen molar-refractivity contribution >= 4 is 40.2 Å². The lowest BCUT2D eigenvalue weighted by Crippen LogP contribution is -2.07. The van der Waals surface area contributed by atoms with Crippen LogP contribution in [-0.4, -0.2) is 32.5 Å². The van der Waals surface area contributed by atoms with Crippen LogP contribution in [0.15, 0.2) is 58.5 Å². The van der Waals surface area contributed by atoms with Gasteiger partial charge in [0.2, 0.25) is 0 Å². The SMILES string of the molecule is CC(CF)n1cc(-c2[nH]c3cc(Cl)ccc3c2Sc2cccc(C(=O)O)c2)c(C#N)n1. The minimum absolute atomic E-state index is 0.166. The van der Waals surface area contributed by atoms with E-state index in [1.165, 1.54) is 22.5 Å². The van der Waals surface area contributed by atoms with E-state index in [2.05, 4.69) is 16.2 Å². The van der Waals surface area contributed by atoms with Crippen LogP contribution in [0.25, 0.3) is 22.2 Å². The molecule has 0 aliphatic heterocycles. The quantitative estimate of drug-likeness (QED) is 0.376. The molecule has 0 aliphatic rings. The van der Waals surface area contributed by atoms with Crippen molar-refractivity contribution in [3.8, 4) is 17.3 Å². The van der Waals surface area contributed by atoms with Gasteiger partial charge in [-0.2, -0.15) is 10.4 Å². The van der Waals surface area contributed by atoms with Crippen molar-refractivity contribution in [3.05, 3.63) is 64.9 Å². The number of nitriles is 1. The van der Waals surface area contributed by atoms with Gasteiger partial charge in [-0.15, -0.1) is 0 Å². The topological polar surface area (TPSA) is 94.7 Å². The molecule has 0 saturated carbocycles. The molecule has 2 N–H and O–H groups in total. The molecular weight excluding hydrogens is 439 g/mol. The highest BCUT2D eigenvalue weighted by atomic mass is 35.5. The average Bonchev–Trinajstić information content (AvgIpc) is 3.34. The van der Waals surface area contributed by atoms with Crippen LogP contribution < -0.4 is 0 Å². The van der Waals surface area contributed by atoms with E-state index in [0.29, 0.717) is 16.3 Å². The molecule has 1 atom stereocenters. The number of aromatic amines is 1. The first kappa shape index (κ1) is 21.0. The molecular formula is C22H16ClFN4O2S. The lowest BCUT2D eigenvalue weighted by molar-refractivity contribution is 0.0696. The molecule has 4 rings (SSSR count). The molecule has 0 fully saturated rings. The monoisotopic (exact) mass is 454 g/mol. The first-order valence-corrected chi connectivity index (χ1v) is 10.5. The number of fused-ring (bicyclic) bond motifs is 1. The molecule has 31 heavy (non-hydrogen) atoms. The Kier molecular flexibility index (Phi) is 5.72. The van der Waals surface area contributed by atoms with E-state index < -0.39 is 18.7 Å². The summed E-state index contributed by atoms with van der Waals surface area (Å²) in [7, 11) is 0. The van der Waals surface area contributed by atoms with Crippen LogP contribution in [0.4, 0.5) is 4.39 Å². The zero-order valence-electron chi connectivity index (χ0n) is 16.3. The van der Waals surface area contributed by atoms with Gasteiger partial charge in [-0.25, -0.2) is 9.18 Å². The Morgan fingerprint density at radius 3 is 2.90 bits per heavy atom. The zero-order valence-corrected chi connectivity index (χ0v) is 17.8. The number of aromatic nitrogens is 3. The van der Waals surface area contributed by atoms with Gasteiger partial charge in [-0.1, -0.05) is 35.5 Å². The van der Waals surface area contributed by atoms with Gasteiger partial charge >= 0.3 is 5.97 Å². The lowest BCUT2D eigenvalue weighted by Gasteiger charge is -2.06. The maximum atomic E-state index is 13.2. The summed E-state index contributed by atoms with van der Waals surface area (Å²) >= 11 is 7.53. The highest BCUT2D eigenvalue weighted by molar-refractivity contribution is 7.99. The van der Waals surface area contributed by atoms with Crippen molar-refractivity contribution in [2.24, 2.45) is 0 Å². The van der Waals surface area contributed by atoms with Crippen molar-refractivity contribution in [1.82, 2.24) is 14.8 Å². The van der Waals surface area contributed by atoms with Crippen molar-refractivity contribution < 1.29 is 14.3 Å². The largest absolute Gasteiger partial charge is 0.478 e. The predicted octanol–water partition coefficient (Wildman–Crippen LogP) is 5.94. The van der Waals surface area contributed by atoms with E-state index >= 15 is 0 Å². The first-order valence-electron chi connectivity index (χ1n) is 9.29. The summed E-state index contributed by atoms with van der Waals surface area (Å²) in [5, 5.41) is 24.6. The molecule has 9 heteroatoms. The molecule has 0 spiro atoms. The Hall–Kier alpha value is -3.28. The summed E-state index contributed by atoms with van der Waals surface area (Å²) in [5.74, 6) is -1.01. The van der Waals surface area contributed by atoms with E-state index in [0.717, 1.165) is 20.7 Å². The van der Waals surface area contributed by atoms with E-state index in [4.69, 9.17) is 11.6 Å². The summed E-state index contributed by atoms with van der Waals surface area (Å²) in [6.07, 6.45) is 1.65. The van der Waals surface area contributed by atoms with Crippen LogP contribution >= 0.6 is 23.4 Å². The van der Waals surface area contributed by atoms with Gasteiger partial charge < -0.3 is 10.1 Å². The molecule has 0 aliphatic carbocycles. The third-order valence-corrected chi connectivity index (χ3v) is 6.15. The number of H-pyrrole nitrogens is 1. The number of aromatic carboxylic acids is 1. The number of rotatable bonds is 6. The molecule has 2 aromatic heterocycles. The second kappa shape index (κ2) is 8.46. The third-order valence-electron chi connectivity index (χ3n) is 4.80. The molecule has 6 nitrogen and oxygen atoms in total. The molecule has 0 radical (unpaired) electrons. The number of alkyl halides is 1. The highest BCUT2D eigenvalue weighted by Gasteiger charge is 2.21. The smallest absolute Gasteiger partial charge is 0.335 e. The summed E-state index contributed by atoms with van der Waals surface area (Å²) in [4.78, 5) is 16.2. The number of carbonyl (C=O) groups is 1. The number of nitrogens with one attached hydrogen (secondary N) is 1. The van der Waals surface area contributed by atoms with E-state index in [1.54, 1.807) is 37.4 Å². The molecule has 0 saturated heterocycles. The number of nitrogens with zero attached hydrogens (tertiary/aromatic N) is 3. The maximum absolute atomic E-state index is 13.2. The Morgan fingerprint density at radius 2 is 2.19 bits per heavy atom. The summed E-state index contributed by atoms with van der Waals surface area (Å²) < 4.78 is 14.6. The fourth-order valence-corrected chi connectivity index (χ4v) is 4.50. The third kappa shape index (κ3) is 4.02. The second-order valence-corrected chi connectivity index (χ2v) is 8.46. The molecule has 156 valence electrons. The van der Waals surface area contributed by atoms with Gasteiger partial charge in [0.25, 0.3) is 0 Å². The van der Waals surface area contributed by atoms with Gasteiger partial charge in [0.15, 0.2) is 5.69 Å². The van der Waals surface area contributed by atoms with Crippen LogP contribution in [0, 0.1) is 11.3 Å². The fraction of sp³-hybridized carbons (Fsp3) is 0.136. The van der Waals surface area contributed by atoms with E-state index in [1.807, 2.05) is 12.1 Å². The van der Waals surface area contributed by atoms with Gasteiger partial charge in [0.05, 0.1) is 22.9 Å². The number of carboxylic acid groups (broad SMARTS) is 1. The van der Waals surface area contributed by atoms with E-state index in [9.17, 15) is 19.6 Å². The molecule has 0 bridgehead atoms.